The van der Waals surface area contributed by atoms with E-state index < -0.39 is 25.5 Å². The molecule has 0 amide bonds. The third-order valence-electron chi connectivity index (χ3n) is 2.95. The van der Waals surface area contributed by atoms with Crippen LogP contribution < -0.4 is 0 Å². The van der Waals surface area contributed by atoms with Crippen molar-refractivity contribution in [1.29, 1.82) is 0 Å². The van der Waals surface area contributed by atoms with Crippen molar-refractivity contribution in [2.45, 2.75) is 24.6 Å². The van der Waals surface area contributed by atoms with Crippen LogP contribution in [0.3, 0.4) is 0 Å². The zero-order chi connectivity index (χ0) is 15.6. The molecule has 0 unspecified atom stereocenters. The molecule has 21 heavy (non-hydrogen) atoms. The summed E-state index contributed by atoms with van der Waals surface area (Å²) in [6.07, 6.45) is 0. The average Bonchev–Trinajstić information content (AvgIpc) is 2.41. The molecular formula is C14H14N2O4S. The van der Waals surface area contributed by atoms with Gasteiger partial charge in [0.15, 0.2) is 0 Å². The van der Waals surface area contributed by atoms with Crippen LogP contribution in [0.4, 0.5) is 5.69 Å². The molecule has 0 aliphatic carbocycles. The number of pyridine rings is 1. The Labute approximate surface area is 122 Å². The Bertz CT molecular complexity index is 783. The Balaban J connectivity index is 2.46. The van der Waals surface area contributed by atoms with E-state index in [-0.39, 0.29) is 5.75 Å². The van der Waals surface area contributed by atoms with E-state index in [1.807, 2.05) is 6.92 Å². The van der Waals surface area contributed by atoms with Crippen LogP contribution >= 0.6 is 0 Å². The first-order valence-corrected chi connectivity index (χ1v) is 7.85. The number of nitro groups is 1. The standard InChI is InChI=1S/C14H14N2O4S/c1-10-3-6-12(7-4-10)9-21(19,20)14-13(16(17)18)8-5-11(2)15-14/h3-8H,9H2,1-2H3. The summed E-state index contributed by atoms with van der Waals surface area (Å²) in [6, 6.07) is 9.56. The summed E-state index contributed by atoms with van der Waals surface area (Å²) in [5.74, 6) is -0.315. The van der Waals surface area contributed by atoms with E-state index in [0.29, 0.717) is 11.3 Å². The topological polar surface area (TPSA) is 90.2 Å². The van der Waals surface area contributed by atoms with E-state index in [1.54, 1.807) is 31.2 Å². The maximum Gasteiger partial charge on any atom is 0.306 e. The fraction of sp³-hybridized carbons (Fsp3) is 0.214. The summed E-state index contributed by atoms with van der Waals surface area (Å²) in [7, 11) is -3.88. The van der Waals surface area contributed by atoms with Gasteiger partial charge in [0.1, 0.15) is 0 Å². The molecule has 1 heterocycles. The summed E-state index contributed by atoms with van der Waals surface area (Å²) in [5, 5.41) is 10.5. The van der Waals surface area contributed by atoms with Gasteiger partial charge in [-0.1, -0.05) is 29.8 Å². The third kappa shape index (κ3) is 3.43. The van der Waals surface area contributed by atoms with Crippen LogP contribution in [0.25, 0.3) is 0 Å². The van der Waals surface area contributed by atoms with Crippen molar-refractivity contribution in [2.75, 3.05) is 0 Å². The number of aromatic nitrogens is 1. The average molecular weight is 306 g/mol. The van der Waals surface area contributed by atoms with Gasteiger partial charge in [-0.15, -0.1) is 0 Å². The predicted octanol–water partition coefficient (Wildman–Crippen LogP) is 2.58. The third-order valence-corrected chi connectivity index (χ3v) is 4.55. The second kappa shape index (κ2) is 5.61. The molecule has 2 rings (SSSR count). The highest BCUT2D eigenvalue weighted by Crippen LogP contribution is 2.25. The number of rotatable bonds is 4. The quantitative estimate of drug-likeness (QED) is 0.639. The van der Waals surface area contributed by atoms with Gasteiger partial charge in [0.2, 0.25) is 14.9 Å². The Morgan fingerprint density at radius 3 is 2.29 bits per heavy atom. The highest BCUT2D eigenvalue weighted by molar-refractivity contribution is 7.90. The Morgan fingerprint density at radius 2 is 1.71 bits per heavy atom. The molecule has 0 saturated carbocycles. The lowest BCUT2D eigenvalue weighted by Crippen LogP contribution is -2.11. The van der Waals surface area contributed by atoms with Gasteiger partial charge in [-0.3, -0.25) is 10.1 Å². The molecule has 7 heteroatoms. The highest BCUT2D eigenvalue weighted by atomic mass is 32.2. The summed E-state index contributed by atoms with van der Waals surface area (Å²) >= 11 is 0. The van der Waals surface area contributed by atoms with Crippen LogP contribution in [0.5, 0.6) is 0 Å². The summed E-state index contributed by atoms with van der Waals surface area (Å²) in [5.41, 5.74) is 1.50. The molecule has 0 saturated heterocycles. The second-order valence-electron chi connectivity index (χ2n) is 4.78. The molecule has 0 N–H and O–H groups in total. The minimum absolute atomic E-state index is 0.315. The Hall–Kier alpha value is -2.28. The first-order valence-electron chi connectivity index (χ1n) is 6.20. The zero-order valence-corrected chi connectivity index (χ0v) is 12.4. The van der Waals surface area contributed by atoms with Crippen molar-refractivity contribution < 1.29 is 13.3 Å². The lowest BCUT2D eigenvalue weighted by Gasteiger charge is -2.06. The van der Waals surface area contributed by atoms with Crippen molar-refractivity contribution in [3.05, 3.63) is 63.3 Å². The van der Waals surface area contributed by atoms with E-state index in [2.05, 4.69) is 4.98 Å². The Morgan fingerprint density at radius 1 is 1.10 bits per heavy atom. The van der Waals surface area contributed by atoms with E-state index in [4.69, 9.17) is 0 Å². The fourth-order valence-corrected chi connectivity index (χ4v) is 3.38. The maximum absolute atomic E-state index is 12.4. The first kappa shape index (κ1) is 15.1. The van der Waals surface area contributed by atoms with Gasteiger partial charge >= 0.3 is 5.69 Å². The van der Waals surface area contributed by atoms with Gasteiger partial charge < -0.3 is 0 Å². The largest absolute Gasteiger partial charge is 0.306 e. The van der Waals surface area contributed by atoms with Gasteiger partial charge in [-0.05, 0) is 25.5 Å². The second-order valence-corrected chi connectivity index (χ2v) is 6.68. The molecule has 0 spiro atoms. The normalized spacial score (nSPS) is 11.3. The van der Waals surface area contributed by atoms with Crippen LogP contribution in [0.1, 0.15) is 16.8 Å². The van der Waals surface area contributed by atoms with Crippen molar-refractivity contribution in [3.8, 4) is 0 Å². The molecule has 110 valence electrons. The Kier molecular flexibility index (Phi) is 4.04. The number of sulfone groups is 1. The van der Waals surface area contributed by atoms with Crippen LogP contribution in [0.2, 0.25) is 0 Å². The monoisotopic (exact) mass is 306 g/mol. The maximum atomic E-state index is 12.4. The summed E-state index contributed by atoms with van der Waals surface area (Å²) in [6.45, 7) is 3.49. The predicted molar refractivity (Wildman–Crippen MR) is 77.7 cm³/mol. The minimum Gasteiger partial charge on any atom is -0.258 e. The summed E-state index contributed by atoms with van der Waals surface area (Å²) in [4.78, 5) is 14.1. The van der Waals surface area contributed by atoms with Gasteiger partial charge in [0.05, 0.1) is 10.7 Å². The number of nitrogens with zero attached hydrogens (tertiary/aromatic N) is 2. The number of benzene rings is 1. The molecule has 0 aliphatic heterocycles. The van der Waals surface area contributed by atoms with Crippen molar-refractivity contribution >= 4 is 15.5 Å². The number of hydrogen-bond acceptors (Lipinski definition) is 5. The van der Waals surface area contributed by atoms with Gasteiger partial charge in [-0.25, -0.2) is 13.4 Å². The molecule has 0 fully saturated rings. The molecular weight excluding hydrogens is 292 g/mol. The first-order chi connectivity index (χ1) is 9.79. The molecule has 6 nitrogen and oxygen atoms in total. The highest BCUT2D eigenvalue weighted by Gasteiger charge is 2.28. The van der Waals surface area contributed by atoms with Crippen LogP contribution in [0.15, 0.2) is 41.4 Å². The lowest BCUT2D eigenvalue weighted by molar-refractivity contribution is -0.388. The van der Waals surface area contributed by atoms with Gasteiger partial charge in [-0.2, -0.15) is 0 Å². The van der Waals surface area contributed by atoms with Crippen molar-refractivity contribution in [1.82, 2.24) is 4.98 Å². The zero-order valence-electron chi connectivity index (χ0n) is 11.6. The minimum atomic E-state index is -3.88. The summed E-state index contributed by atoms with van der Waals surface area (Å²) < 4.78 is 24.8. The SMILES string of the molecule is Cc1ccc(CS(=O)(=O)c2nc(C)ccc2[N+](=O)[O-])cc1. The van der Waals surface area contributed by atoms with E-state index >= 15 is 0 Å². The van der Waals surface area contributed by atoms with Crippen LogP contribution in [0, 0.1) is 24.0 Å². The molecule has 1 aromatic carbocycles. The molecule has 1 aromatic heterocycles. The van der Waals surface area contributed by atoms with E-state index in [1.165, 1.54) is 12.1 Å². The van der Waals surface area contributed by atoms with Crippen molar-refractivity contribution in [3.63, 3.8) is 0 Å². The van der Waals surface area contributed by atoms with Crippen LogP contribution in [-0.4, -0.2) is 18.3 Å². The molecule has 0 aliphatic rings. The number of hydrogen-bond donors (Lipinski definition) is 0. The smallest absolute Gasteiger partial charge is 0.258 e. The van der Waals surface area contributed by atoms with Gasteiger partial charge in [0.25, 0.3) is 0 Å². The molecule has 0 atom stereocenters. The van der Waals surface area contributed by atoms with Crippen molar-refractivity contribution in [2.24, 2.45) is 0 Å². The van der Waals surface area contributed by atoms with E-state index in [9.17, 15) is 18.5 Å². The number of aryl methyl sites for hydroxylation is 2. The van der Waals surface area contributed by atoms with E-state index in [0.717, 1.165) is 5.56 Å². The van der Waals surface area contributed by atoms with Crippen LogP contribution in [-0.2, 0) is 15.6 Å². The fourth-order valence-electron chi connectivity index (χ4n) is 1.87. The molecule has 2 aromatic rings. The van der Waals surface area contributed by atoms with Gasteiger partial charge in [0, 0.05) is 11.8 Å². The molecule has 0 radical (unpaired) electrons. The molecule has 0 bridgehead atoms. The lowest BCUT2D eigenvalue weighted by atomic mass is 10.2.